The number of benzene rings is 1. The summed E-state index contributed by atoms with van der Waals surface area (Å²) in [7, 11) is 0. The number of non-ortho nitro benzene ring substituents is 1. The van der Waals surface area contributed by atoms with Crippen LogP contribution in [0.4, 0.5) is 16.4 Å². The molecule has 1 aliphatic carbocycles. The van der Waals surface area contributed by atoms with Crippen LogP contribution >= 0.6 is 23.6 Å². The van der Waals surface area contributed by atoms with E-state index in [0.29, 0.717) is 48.5 Å². The minimum Gasteiger partial charge on any atom is -0.378 e. The Morgan fingerprint density at radius 3 is 2.59 bits per heavy atom. The summed E-state index contributed by atoms with van der Waals surface area (Å²) in [4.78, 5) is 39.5. The molecule has 1 aliphatic heterocycles. The lowest BCUT2D eigenvalue weighted by Gasteiger charge is -2.33. The van der Waals surface area contributed by atoms with Gasteiger partial charge in [-0.2, -0.15) is 0 Å². The summed E-state index contributed by atoms with van der Waals surface area (Å²) in [6.07, 6.45) is 2.57. The van der Waals surface area contributed by atoms with E-state index in [2.05, 4.69) is 31.4 Å². The van der Waals surface area contributed by atoms with E-state index in [1.807, 2.05) is 4.90 Å². The minimum atomic E-state index is -0.586. The van der Waals surface area contributed by atoms with Crippen LogP contribution in [0.5, 0.6) is 0 Å². The molecule has 1 aromatic carbocycles. The molecule has 0 saturated carbocycles. The number of nitro groups is 1. The molecule has 0 bridgehead atoms. The molecule has 0 spiro atoms. The third-order valence-electron chi connectivity index (χ3n) is 6.98. The first-order valence-electron chi connectivity index (χ1n) is 12.1. The van der Waals surface area contributed by atoms with Gasteiger partial charge in [0.15, 0.2) is 5.11 Å². The number of ether oxygens (including phenoxy) is 1. The Morgan fingerprint density at radius 2 is 1.97 bits per heavy atom. The van der Waals surface area contributed by atoms with Crippen LogP contribution < -0.4 is 21.3 Å². The van der Waals surface area contributed by atoms with Crippen molar-refractivity contribution < 1.29 is 19.2 Å². The summed E-state index contributed by atoms with van der Waals surface area (Å²) >= 11 is 6.84. The number of hydrogen-bond donors (Lipinski definition) is 3. The quantitative estimate of drug-likeness (QED) is 0.292. The lowest BCUT2D eigenvalue weighted by atomic mass is 9.72. The Kier molecular flexibility index (Phi) is 7.81. The Morgan fingerprint density at radius 1 is 1.27 bits per heavy atom. The molecule has 12 heteroatoms. The zero-order chi connectivity index (χ0) is 26.9. The molecule has 1 aromatic heterocycles. The summed E-state index contributed by atoms with van der Waals surface area (Å²) < 4.78 is 5.39. The highest BCUT2D eigenvalue weighted by Crippen LogP contribution is 2.44. The summed E-state index contributed by atoms with van der Waals surface area (Å²) in [5.74, 6) is -0.652. The average molecular weight is 546 g/mol. The van der Waals surface area contributed by atoms with Gasteiger partial charge in [0.1, 0.15) is 5.00 Å². The van der Waals surface area contributed by atoms with Crippen molar-refractivity contribution in [1.29, 1.82) is 0 Å². The van der Waals surface area contributed by atoms with Crippen LogP contribution in [0.15, 0.2) is 18.2 Å². The van der Waals surface area contributed by atoms with Crippen molar-refractivity contribution in [2.45, 2.75) is 40.0 Å². The second-order valence-electron chi connectivity index (χ2n) is 10.3. The molecule has 37 heavy (non-hydrogen) atoms. The van der Waals surface area contributed by atoms with Crippen LogP contribution in [-0.4, -0.2) is 48.2 Å². The normalized spacial score (nSPS) is 17.6. The van der Waals surface area contributed by atoms with Crippen molar-refractivity contribution in [2.24, 2.45) is 17.1 Å². The second kappa shape index (κ2) is 10.7. The van der Waals surface area contributed by atoms with Crippen molar-refractivity contribution in [3.63, 3.8) is 0 Å². The molecule has 0 radical (unpaired) electrons. The average Bonchev–Trinajstić information content (AvgIpc) is 3.20. The van der Waals surface area contributed by atoms with Gasteiger partial charge in [-0.05, 0) is 54.4 Å². The zero-order valence-corrected chi connectivity index (χ0v) is 22.7. The predicted molar refractivity (Wildman–Crippen MR) is 148 cm³/mol. The van der Waals surface area contributed by atoms with Gasteiger partial charge in [0, 0.05) is 30.1 Å². The number of nitrogens with zero attached hydrogens (tertiary/aromatic N) is 2. The highest BCUT2D eigenvalue weighted by molar-refractivity contribution is 7.80. The van der Waals surface area contributed by atoms with Crippen LogP contribution in [0.25, 0.3) is 0 Å². The number of carbonyl (C=O) groups excluding carboxylic acids is 2. The van der Waals surface area contributed by atoms with Crippen LogP contribution in [0.3, 0.4) is 0 Å². The monoisotopic (exact) mass is 545 g/mol. The van der Waals surface area contributed by atoms with Crippen LogP contribution in [-0.2, 0) is 17.6 Å². The molecular weight excluding hydrogens is 514 g/mol. The van der Waals surface area contributed by atoms with Gasteiger partial charge >= 0.3 is 0 Å². The molecule has 2 aromatic rings. The maximum Gasteiger partial charge on any atom is 0.270 e. The van der Waals surface area contributed by atoms with E-state index in [9.17, 15) is 19.7 Å². The number of carbonyl (C=O) groups is 2. The van der Waals surface area contributed by atoms with Gasteiger partial charge in [-0.25, -0.2) is 0 Å². The first kappa shape index (κ1) is 27.0. The number of anilines is 2. The van der Waals surface area contributed by atoms with E-state index in [4.69, 9.17) is 22.7 Å². The van der Waals surface area contributed by atoms with E-state index in [1.54, 1.807) is 6.07 Å². The number of rotatable bonds is 5. The SMILES string of the molecule is CC(C)(C)[C@H]1CCc2c(sc(NC(=S)NC(=O)c3cc([N+](=O)[O-])ccc3N3CCOCC3)c2C(N)=O)C1. The number of thiocarbonyl (C=S) groups is 1. The molecular formula is C25H31N5O5S2. The van der Waals surface area contributed by atoms with Gasteiger partial charge in [0.05, 0.1) is 35.0 Å². The fourth-order valence-corrected chi connectivity index (χ4v) is 6.47. The molecule has 4 N–H and O–H groups in total. The van der Waals surface area contributed by atoms with Gasteiger partial charge < -0.3 is 20.7 Å². The number of nitrogens with one attached hydrogen (secondary N) is 2. The Bertz CT molecular complexity index is 1250. The molecule has 10 nitrogen and oxygen atoms in total. The fraction of sp³-hybridized carbons (Fsp3) is 0.480. The van der Waals surface area contributed by atoms with Crippen molar-refractivity contribution in [3.05, 3.63) is 49.9 Å². The number of nitrogens with two attached hydrogens (primary N) is 1. The first-order chi connectivity index (χ1) is 17.5. The third-order valence-corrected chi connectivity index (χ3v) is 8.35. The van der Waals surface area contributed by atoms with Crippen molar-refractivity contribution in [2.75, 3.05) is 36.5 Å². The highest BCUT2D eigenvalue weighted by atomic mass is 32.1. The smallest absolute Gasteiger partial charge is 0.270 e. The van der Waals surface area contributed by atoms with E-state index in [-0.39, 0.29) is 21.8 Å². The zero-order valence-electron chi connectivity index (χ0n) is 21.1. The minimum absolute atomic E-state index is 0.0158. The Hall–Kier alpha value is -3.09. The number of fused-ring (bicyclic) bond motifs is 1. The lowest BCUT2D eigenvalue weighted by Crippen LogP contribution is -2.39. The highest BCUT2D eigenvalue weighted by Gasteiger charge is 2.33. The molecule has 198 valence electrons. The van der Waals surface area contributed by atoms with Gasteiger partial charge in [-0.1, -0.05) is 20.8 Å². The molecule has 2 amide bonds. The van der Waals surface area contributed by atoms with Crippen LogP contribution in [0, 0.1) is 21.4 Å². The third kappa shape index (κ3) is 5.91. The number of nitro benzene ring substituents is 1. The van der Waals surface area contributed by atoms with E-state index in [0.717, 1.165) is 29.7 Å². The molecule has 0 unspecified atom stereocenters. The number of amides is 2. The van der Waals surface area contributed by atoms with Crippen molar-refractivity contribution in [1.82, 2.24) is 5.32 Å². The maximum absolute atomic E-state index is 13.2. The predicted octanol–water partition coefficient (Wildman–Crippen LogP) is 3.87. The fourth-order valence-electron chi connectivity index (χ4n) is 4.88. The number of thiophene rings is 1. The lowest BCUT2D eigenvalue weighted by molar-refractivity contribution is -0.384. The molecule has 1 atom stereocenters. The largest absolute Gasteiger partial charge is 0.378 e. The Labute approximate surface area is 224 Å². The maximum atomic E-state index is 13.2. The second-order valence-corrected chi connectivity index (χ2v) is 11.9. The molecule has 1 saturated heterocycles. The summed E-state index contributed by atoms with van der Waals surface area (Å²) in [5, 5.41) is 17.5. The molecule has 2 aliphatic rings. The van der Waals surface area contributed by atoms with Gasteiger partial charge in [-0.3, -0.25) is 25.0 Å². The Balaban J connectivity index is 1.56. The summed E-state index contributed by atoms with van der Waals surface area (Å²) in [6.45, 7) is 8.74. The van der Waals surface area contributed by atoms with Gasteiger partial charge in [0.25, 0.3) is 17.5 Å². The number of morpholine rings is 1. The first-order valence-corrected chi connectivity index (χ1v) is 13.4. The summed E-state index contributed by atoms with van der Waals surface area (Å²) in [5.41, 5.74) is 7.73. The van der Waals surface area contributed by atoms with Gasteiger partial charge in [0.2, 0.25) is 0 Å². The standard InChI is InChI=1S/C25H31N5O5S2/c1-25(2,3)14-4-6-16-19(12-14)37-23(20(16)21(26)31)28-24(36)27-22(32)17-13-15(30(33)34)5-7-18(17)29-8-10-35-11-9-29/h5,7,13-14H,4,6,8-12H2,1-3H3,(H2,26,31)(H2,27,28,32,36)/t14-/m0/s1. The van der Waals surface area contributed by atoms with E-state index in [1.165, 1.54) is 23.5 Å². The van der Waals surface area contributed by atoms with Gasteiger partial charge in [-0.15, -0.1) is 11.3 Å². The molecule has 4 rings (SSSR count). The van der Waals surface area contributed by atoms with Crippen LogP contribution in [0.2, 0.25) is 0 Å². The van der Waals surface area contributed by atoms with Crippen LogP contribution in [0.1, 0.15) is 58.3 Å². The number of primary amides is 1. The van der Waals surface area contributed by atoms with E-state index < -0.39 is 16.7 Å². The van der Waals surface area contributed by atoms with Crippen molar-refractivity contribution >= 4 is 56.9 Å². The van der Waals surface area contributed by atoms with E-state index >= 15 is 0 Å². The molecule has 2 heterocycles. The topological polar surface area (TPSA) is 140 Å². The molecule has 1 fully saturated rings. The summed E-state index contributed by atoms with van der Waals surface area (Å²) in [6, 6.07) is 4.19. The number of hydrogen-bond acceptors (Lipinski definition) is 8. The van der Waals surface area contributed by atoms with Crippen molar-refractivity contribution in [3.8, 4) is 0 Å².